The van der Waals surface area contributed by atoms with Gasteiger partial charge in [0.05, 0.1) is 5.56 Å². The molecule has 0 spiro atoms. The van der Waals surface area contributed by atoms with Gasteiger partial charge in [0.2, 0.25) is 0 Å². The number of hydrogen-bond acceptors (Lipinski definition) is 5. The van der Waals surface area contributed by atoms with Crippen LogP contribution in [-0.4, -0.2) is 22.4 Å². The summed E-state index contributed by atoms with van der Waals surface area (Å²) in [4.78, 5) is 12.2. The smallest absolute Gasteiger partial charge is 0.196 e. The fourth-order valence-electron chi connectivity index (χ4n) is 2.58. The molecule has 0 amide bonds. The number of hydrogen-bond donors (Lipinski definition) is 2. The lowest BCUT2D eigenvalue weighted by atomic mass is 10.00. The molecule has 2 heterocycles. The van der Waals surface area contributed by atoms with E-state index >= 15 is 0 Å². The number of rotatable bonds is 3. The van der Waals surface area contributed by atoms with Crippen molar-refractivity contribution in [2.24, 2.45) is 0 Å². The van der Waals surface area contributed by atoms with Crippen molar-refractivity contribution in [1.29, 1.82) is 0 Å². The van der Waals surface area contributed by atoms with Crippen molar-refractivity contribution in [3.63, 3.8) is 0 Å². The third-order valence-corrected chi connectivity index (χ3v) is 3.64. The first-order valence-corrected chi connectivity index (χ1v) is 7.23. The number of phenols is 1. The zero-order chi connectivity index (χ0) is 15.9. The lowest BCUT2D eigenvalue weighted by Crippen LogP contribution is -2.27. The van der Waals surface area contributed by atoms with Gasteiger partial charge in [-0.2, -0.15) is 0 Å². The van der Waals surface area contributed by atoms with Crippen molar-refractivity contribution >= 4 is 17.0 Å². The quantitative estimate of drug-likeness (QED) is 0.911. The van der Waals surface area contributed by atoms with E-state index in [0.29, 0.717) is 35.5 Å². The van der Waals surface area contributed by atoms with Crippen LogP contribution in [0.2, 0.25) is 0 Å². The predicted octanol–water partition coefficient (Wildman–Crippen LogP) is 2.61. The number of aromatic hydroxyl groups is 1. The summed E-state index contributed by atoms with van der Waals surface area (Å²) in [6.07, 6.45) is 4.70. The molecule has 0 fully saturated rings. The fourth-order valence-corrected chi connectivity index (χ4v) is 2.58. The molecule has 5 heteroatoms. The summed E-state index contributed by atoms with van der Waals surface area (Å²) < 4.78 is 11.6. The Morgan fingerprint density at radius 1 is 1.27 bits per heavy atom. The van der Waals surface area contributed by atoms with E-state index in [2.05, 4.69) is 0 Å². The molecule has 1 aliphatic rings. The number of ether oxygens (including phenoxy) is 1. The molecule has 1 aromatic carbocycles. The van der Waals surface area contributed by atoms with E-state index in [0.717, 1.165) is 0 Å². The van der Waals surface area contributed by atoms with Crippen LogP contribution < -0.4 is 10.2 Å². The predicted molar refractivity (Wildman–Crippen MR) is 83.3 cm³/mol. The largest absolute Gasteiger partial charge is 0.507 e. The second-order valence-electron chi connectivity index (χ2n) is 5.95. The summed E-state index contributed by atoms with van der Waals surface area (Å²) in [5.41, 5.74) is 0.187. The van der Waals surface area contributed by atoms with Crippen LogP contribution in [0.5, 0.6) is 11.5 Å². The number of phenolic OH excluding ortho intramolecular Hbond substituents is 1. The summed E-state index contributed by atoms with van der Waals surface area (Å²) in [6, 6.07) is 2.81. The number of fused-ring (bicyclic) bond motifs is 3. The maximum atomic E-state index is 12.2. The molecule has 2 aromatic rings. The van der Waals surface area contributed by atoms with E-state index in [1.807, 2.05) is 26.0 Å². The van der Waals surface area contributed by atoms with Crippen molar-refractivity contribution in [2.75, 3.05) is 6.61 Å². The molecule has 0 radical (unpaired) electrons. The van der Waals surface area contributed by atoms with Crippen molar-refractivity contribution in [3.05, 3.63) is 39.8 Å². The van der Waals surface area contributed by atoms with Crippen molar-refractivity contribution in [2.45, 2.75) is 32.3 Å². The Bertz CT molecular complexity index is 814. The van der Waals surface area contributed by atoms with E-state index in [1.54, 1.807) is 0 Å². The number of aryl methyl sites for hydroxylation is 1. The van der Waals surface area contributed by atoms with E-state index in [-0.39, 0.29) is 23.2 Å². The molecule has 0 aliphatic carbocycles. The molecule has 0 atom stereocenters. The summed E-state index contributed by atoms with van der Waals surface area (Å²) in [7, 11) is 0. The van der Waals surface area contributed by atoms with E-state index in [4.69, 9.17) is 14.3 Å². The van der Waals surface area contributed by atoms with Crippen LogP contribution in [0.3, 0.4) is 0 Å². The standard InChI is InChI=1S/C17H18O5/c1-17(2)6-5-11-14(22-17)9-13(20)15-12(19)8-10(4-3-7-18)21-16(11)15/h5-6,8-9,18,20H,3-4,7H2,1-2H3. The highest BCUT2D eigenvalue weighted by molar-refractivity contribution is 5.93. The van der Waals surface area contributed by atoms with Crippen molar-refractivity contribution in [3.8, 4) is 11.5 Å². The average Bonchev–Trinajstić information content (AvgIpc) is 2.43. The van der Waals surface area contributed by atoms with Gasteiger partial charge in [-0.15, -0.1) is 0 Å². The molecule has 1 aromatic heterocycles. The summed E-state index contributed by atoms with van der Waals surface area (Å²) in [5, 5.41) is 19.2. The van der Waals surface area contributed by atoms with Crippen LogP contribution in [-0.2, 0) is 6.42 Å². The highest BCUT2D eigenvalue weighted by Crippen LogP contribution is 2.39. The first-order valence-electron chi connectivity index (χ1n) is 7.23. The van der Waals surface area contributed by atoms with Crippen LogP contribution in [0.1, 0.15) is 31.6 Å². The van der Waals surface area contributed by atoms with Crippen LogP contribution in [0.4, 0.5) is 0 Å². The van der Waals surface area contributed by atoms with Gasteiger partial charge in [-0.1, -0.05) is 0 Å². The van der Waals surface area contributed by atoms with E-state index in [9.17, 15) is 9.90 Å². The van der Waals surface area contributed by atoms with Crippen molar-refractivity contribution < 1.29 is 19.4 Å². The summed E-state index contributed by atoms with van der Waals surface area (Å²) in [6.45, 7) is 3.83. The van der Waals surface area contributed by atoms with Gasteiger partial charge in [-0.25, -0.2) is 0 Å². The minimum absolute atomic E-state index is 0.0249. The SMILES string of the molecule is CC1(C)C=Cc2c(cc(O)c3c(=O)cc(CCCO)oc23)O1. The van der Waals surface area contributed by atoms with Gasteiger partial charge in [-0.05, 0) is 32.4 Å². The number of aliphatic hydroxyl groups is 1. The first-order chi connectivity index (χ1) is 10.4. The molecule has 116 valence electrons. The van der Waals surface area contributed by atoms with Crippen LogP contribution in [0.15, 0.2) is 27.4 Å². The zero-order valence-electron chi connectivity index (χ0n) is 12.5. The Morgan fingerprint density at radius 3 is 2.77 bits per heavy atom. The Labute approximate surface area is 127 Å². The van der Waals surface area contributed by atoms with E-state index < -0.39 is 5.60 Å². The Morgan fingerprint density at radius 2 is 2.05 bits per heavy atom. The van der Waals surface area contributed by atoms with Crippen LogP contribution >= 0.6 is 0 Å². The highest BCUT2D eigenvalue weighted by atomic mass is 16.5. The number of benzene rings is 1. The topological polar surface area (TPSA) is 79.9 Å². The highest BCUT2D eigenvalue weighted by Gasteiger charge is 2.26. The van der Waals surface area contributed by atoms with Gasteiger partial charge in [0.25, 0.3) is 0 Å². The van der Waals surface area contributed by atoms with Gasteiger partial charge in [-0.3, -0.25) is 4.79 Å². The van der Waals surface area contributed by atoms with Gasteiger partial charge in [0.15, 0.2) is 11.0 Å². The summed E-state index contributed by atoms with van der Waals surface area (Å²) >= 11 is 0. The molecule has 0 unspecified atom stereocenters. The average molecular weight is 302 g/mol. The number of aliphatic hydroxyl groups excluding tert-OH is 1. The Balaban J connectivity index is 2.25. The molecule has 3 rings (SSSR count). The molecular formula is C17H18O5. The molecule has 22 heavy (non-hydrogen) atoms. The minimum atomic E-state index is -0.484. The molecule has 0 saturated carbocycles. The third kappa shape index (κ3) is 2.48. The lowest BCUT2D eigenvalue weighted by Gasteiger charge is -2.28. The van der Waals surface area contributed by atoms with Crippen LogP contribution in [0.25, 0.3) is 17.0 Å². The van der Waals surface area contributed by atoms with Crippen LogP contribution in [0, 0.1) is 0 Å². The zero-order valence-corrected chi connectivity index (χ0v) is 12.5. The second kappa shape index (κ2) is 5.18. The normalized spacial score (nSPS) is 15.6. The molecule has 1 aliphatic heterocycles. The van der Waals surface area contributed by atoms with E-state index in [1.165, 1.54) is 12.1 Å². The lowest BCUT2D eigenvalue weighted by molar-refractivity contribution is 0.158. The molecule has 2 N–H and O–H groups in total. The van der Waals surface area contributed by atoms with Crippen molar-refractivity contribution in [1.82, 2.24) is 0 Å². The molecule has 5 nitrogen and oxygen atoms in total. The maximum absolute atomic E-state index is 12.2. The molecular weight excluding hydrogens is 284 g/mol. The van der Waals surface area contributed by atoms with Gasteiger partial charge in [0, 0.05) is 25.2 Å². The Hall–Kier alpha value is -2.27. The molecule has 0 saturated heterocycles. The second-order valence-corrected chi connectivity index (χ2v) is 5.95. The fraction of sp³-hybridized carbons (Fsp3) is 0.353. The van der Waals surface area contributed by atoms with Gasteiger partial charge < -0.3 is 19.4 Å². The minimum Gasteiger partial charge on any atom is -0.507 e. The summed E-state index contributed by atoms with van der Waals surface area (Å²) in [5.74, 6) is 0.819. The van der Waals surface area contributed by atoms with Gasteiger partial charge >= 0.3 is 0 Å². The van der Waals surface area contributed by atoms with Gasteiger partial charge in [0.1, 0.15) is 28.2 Å². The Kier molecular flexibility index (Phi) is 3.45. The molecule has 0 bridgehead atoms. The first kappa shape index (κ1) is 14.7. The monoisotopic (exact) mass is 302 g/mol. The third-order valence-electron chi connectivity index (χ3n) is 3.64. The maximum Gasteiger partial charge on any atom is 0.196 e.